The maximum absolute atomic E-state index is 13.6. The zero-order valence-electron chi connectivity index (χ0n) is 58.5. The van der Waals surface area contributed by atoms with E-state index in [1.54, 1.807) is 0 Å². The molecule has 0 heterocycles. The van der Waals surface area contributed by atoms with Crippen LogP contribution in [0.5, 0.6) is 0 Å². The van der Waals surface area contributed by atoms with Crippen molar-refractivity contribution in [2.45, 2.75) is 348 Å². The predicted molar refractivity (Wildman–Crippen MR) is 383 cm³/mol. The van der Waals surface area contributed by atoms with Crippen LogP contribution in [0.1, 0.15) is 335 Å². The summed E-state index contributed by atoms with van der Waals surface area (Å²) < 4.78 is 30.9. The number of hydrogen-bond acceptors (Lipinski definition) is 6. The first-order valence-electron chi connectivity index (χ1n) is 37.1. The molecule has 0 rings (SSSR count). The van der Waals surface area contributed by atoms with E-state index in [-0.39, 0.29) is 31.5 Å². The summed E-state index contributed by atoms with van der Waals surface area (Å²) in [6.07, 6.45) is 91.4. The number of carbonyl (C=O) groups is 2. The Kier molecular flexibility index (Phi) is 64.5. The van der Waals surface area contributed by atoms with Crippen molar-refractivity contribution in [3.8, 4) is 0 Å². The largest absolute Gasteiger partial charge is 0.472 e. The predicted octanol–water partition coefficient (Wildman–Crippen LogP) is 23.8. The molecule has 0 saturated heterocycles. The number of likely N-dealkylation sites (N-methyl/N-ethyl adjacent to an activating group) is 1. The van der Waals surface area contributed by atoms with Crippen LogP contribution in [0.4, 0.5) is 0 Å². The first kappa shape index (κ1) is 84.9. The Morgan fingerprint density at radius 2 is 0.727 bits per heavy atom. The standard InChI is InChI=1S/C78H141N2O7P/c1-7-10-13-16-19-22-25-28-30-32-34-36-38-39-40-41-43-45-47-49-51-53-56-59-62-65-68-71-78(82)87-76(69-66-63-60-57-54-27-24-21-18-15-12-9-3)75(74-86-88(83,84)85-73-72-80(4,5)6)79-77(81)70-67-64-61-58-55-52-50-48-46-44-42-37-35-33-31-29-26-23-20-17-14-11-8-2/h11,14,19-20,22-23,28-31,35,37,44,46,66,69,75-76H,7-10,12-13,15-18,21,24-27,32-34,36,38-43,45,47-65,67-68,70-74H2,1-6H3,(H-,79,81,83,84)/p+1/b14-11-,22-19-,23-20-,30-28-,31-29-,37-35-,46-44-,69-66+. The van der Waals surface area contributed by atoms with E-state index in [0.717, 1.165) is 109 Å². The topological polar surface area (TPSA) is 111 Å². The second-order valence-corrected chi connectivity index (χ2v) is 27.5. The van der Waals surface area contributed by atoms with Gasteiger partial charge in [-0.1, -0.05) is 311 Å². The molecule has 0 aliphatic rings. The van der Waals surface area contributed by atoms with E-state index < -0.39 is 20.0 Å². The number of rotatable bonds is 67. The number of unbranched alkanes of at least 4 members (excludes halogenated alkanes) is 37. The Bertz CT molecular complexity index is 1830. The second kappa shape index (κ2) is 66.8. The lowest BCUT2D eigenvalue weighted by atomic mass is 10.0. The summed E-state index contributed by atoms with van der Waals surface area (Å²) in [6, 6.07) is -0.860. The Balaban J connectivity index is 5.02. The summed E-state index contributed by atoms with van der Waals surface area (Å²) in [5.74, 6) is -0.510. The fourth-order valence-electron chi connectivity index (χ4n) is 10.6. The average molecular weight is 1250 g/mol. The van der Waals surface area contributed by atoms with Crippen LogP contribution in [0.2, 0.25) is 0 Å². The van der Waals surface area contributed by atoms with Gasteiger partial charge in [-0.05, 0) is 109 Å². The molecule has 10 heteroatoms. The van der Waals surface area contributed by atoms with Crippen molar-refractivity contribution in [3.63, 3.8) is 0 Å². The van der Waals surface area contributed by atoms with Crippen molar-refractivity contribution in [2.75, 3.05) is 40.9 Å². The van der Waals surface area contributed by atoms with Gasteiger partial charge in [0.05, 0.1) is 33.8 Å². The number of carbonyl (C=O) groups excluding carboxylic acids is 2. The van der Waals surface area contributed by atoms with Gasteiger partial charge in [0, 0.05) is 12.8 Å². The van der Waals surface area contributed by atoms with Gasteiger partial charge in [-0.3, -0.25) is 18.6 Å². The molecule has 9 nitrogen and oxygen atoms in total. The molecule has 0 aromatic carbocycles. The molecule has 2 N–H and O–H groups in total. The molecule has 0 radical (unpaired) electrons. The highest BCUT2D eigenvalue weighted by Gasteiger charge is 2.30. The van der Waals surface area contributed by atoms with Gasteiger partial charge in [0.1, 0.15) is 19.3 Å². The first-order valence-corrected chi connectivity index (χ1v) is 38.6. The van der Waals surface area contributed by atoms with Crippen LogP contribution in [0, 0.1) is 0 Å². The number of nitrogens with one attached hydrogen (secondary N) is 1. The van der Waals surface area contributed by atoms with Crippen molar-refractivity contribution in [2.24, 2.45) is 0 Å². The molecular weight excluding hydrogens is 1110 g/mol. The van der Waals surface area contributed by atoms with Gasteiger partial charge in [-0.15, -0.1) is 0 Å². The monoisotopic (exact) mass is 1250 g/mol. The smallest absolute Gasteiger partial charge is 0.456 e. The van der Waals surface area contributed by atoms with E-state index in [9.17, 15) is 19.0 Å². The van der Waals surface area contributed by atoms with Crippen LogP contribution < -0.4 is 5.32 Å². The molecule has 0 bridgehead atoms. The summed E-state index contributed by atoms with van der Waals surface area (Å²) in [7, 11) is 1.49. The summed E-state index contributed by atoms with van der Waals surface area (Å²) in [5.41, 5.74) is 0. The number of allylic oxidation sites excluding steroid dienone is 15. The lowest BCUT2D eigenvalue weighted by molar-refractivity contribution is -0.870. The van der Waals surface area contributed by atoms with Crippen LogP contribution in [-0.4, -0.2) is 74.3 Å². The molecule has 510 valence electrons. The fraction of sp³-hybridized carbons (Fsp3) is 0.769. The first-order chi connectivity index (χ1) is 42.9. The molecule has 88 heavy (non-hydrogen) atoms. The maximum Gasteiger partial charge on any atom is 0.472 e. The number of amides is 1. The molecule has 3 unspecified atom stereocenters. The van der Waals surface area contributed by atoms with E-state index in [2.05, 4.69) is 111 Å². The second-order valence-electron chi connectivity index (χ2n) is 26.1. The SMILES string of the molecule is CC/C=C\C/C=C\C/C=C\C/C=C\C/C=C\CCCCCCCCCC(=O)NC(COP(=O)(O)OCC[N+](C)(C)C)C(/C=C/CCCCCCCCCCCC)OC(=O)CCCCCCCCCCCCCCCCCCC/C=C\C/C=C\CCCCC. The van der Waals surface area contributed by atoms with Crippen LogP contribution in [0.25, 0.3) is 0 Å². The van der Waals surface area contributed by atoms with Crippen molar-refractivity contribution in [3.05, 3.63) is 97.2 Å². The van der Waals surface area contributed by atoms with Gasteiger partial charge in [0.15, 0.2) is 0 Å². The number of quaternary nitrogens is 1. The lowest BCUT2D eigenvalue weighted by Gasteiger charge is -2.27. The molecule has 0 aromatic rings. The van der Waals surface area contributed by atoms with E-state index in [0.29, 0.717) is 17.4 Å². The minimum absolute atomic E-state index is 0.0350. The van der Waals surface area contributed by atoms with Gasteiger partial charge in [-0.25, -0.2) is 4.57 Å². The number of hydrogen-bond donors (Lipinski definition) is 2. The highest BCUT2D eigenvalue weighted by atomic mass is 31.2. The molecule has 0 aliphatic heterocycles. The third-order valence-electron chi connectivity index (χ3n) is 16.3. The number of phosphoric ester groups is 1. The number of nitrogens with zero attached hydrogens (tertiary/aromatic N) is 1. The molecule has 0 saturated carbocycles. The van der Waals surface area contributed by atoms with E-state index in [1.165, 1.54) is 193 Å². The molecule has 0 aliphatic carbocycles. The zero-order valence-corrected chi connectivity index (χ0v) is 59.3. The Labute approximate surface area is 545 Å². The number of esters is 1. The lowest BCUT2D eigenvalue weighted by Crippen LogP contribution is -2.47. The Morgan fingerprint density at radius 3 is 1.11 bits per heavy atom. The van der Waals surface area contributed by atoms with Gasteiger partial charge < -0.3 is 19.4 Å². The van der Waals surface area contributed by atoms with Crippen LogP contribution >= 0.6 is 7.82 Å². The Morgan fingerprint density at radius 1 is 0.409 bits per heavy atom. The van der Waals surface area contributed by atoms with E-state index in [1.807, 2.05) is 33.3 Å². The third kappa shape index (κ3) is 67.3. The third-order valence-corrected chi connectivity index (χ3v) is 17.2. The average Bonchev–Trinajstić information content (AvgIpc) is 3.53. The van der Waals surface area contributed by atoms with Crippen molar-refractivity contribution < 1.29 is 37.3 Å². The van der Waals surface area contributed by atoms with Crippen LogP contribution in [0.15, 0.2) is 97.2 Å². The minimum Gasteiger partial charge on any atom is -0.456 e. The molecule has 3 atom stereocenters. The minimum atomic E-state index is -4.46. The van der Waals surface area contributed by atoms with Crippen molar-refractivity contribution >= 4 is 19.7 Å². The molecule has 1 amide bonds. The summed E-state index contributed by atoms with van der Waals surface area (Å²) in [4.78, 5) is 38.0. The number of ether oxygens (including phenoxy) is 1. The molecule has 0 aromatic heterocycles. The maximum atomic E-state index is 13.6. The highest BCUT2D eigenvalue weighted by Crippen LogP contribution is 2.43. The van der Waals surface area contributed by atoms with Crippen molar-refractivity contribution in [1.82, 2.24) is 5.32 Å². The fourth-order valence-corrected chi connectivity index (χ4v) is 11.3. The van der Waals surface area contributed by atoms with Gasteiger partial charge in [0.25, 0.3) is 0 Å². The van der Waals surface area contributed by atoms with E-state index in [4.69, 9.17) is 13.8 Å². The quantitative estimate of drug-likeness (QED) is 0.0205. The highest BCUT2D eigenvalue weighted by molar-refractivity contribution is 7.47. The summed E-state index contributed by atoms with van der Waals surface area (Å²) in [6.45, 7) is 6.90. The van der Waals surface area contributed by atoms with Crippen LogP contribution in [0.3, 0.4) is 0 Å². The molecular formula is C78H142N2O7P+. The summed E-state index contributed by atoms with van der Waals surface area (Å²) in [5, 5.41) is 3.07. The van der Waals surface area contributed by atoms with Crippen LogP contribution in [-0.2, 0) is 27.9 Å². The van der Waals surface area contributed by atoms with Gasteiger partial charge in [0.2, 0.25) is 5.91 Å². The summed E-state index contributed by atoms with van der Waals surface area (Å²) >= 11 is 0. The van der Waals surface area contributed by atoms with E-state index >= 15 is 0 Å². The van der Waals surface area contributed by atoms with Crippen molar-refractivity contribution in [1.29, 1.82) is 0 Å². The zero-order chi connectivity index (χ0) is 64.2. The normalized spacial score (nSPS) is 14.0. The Hall–Kier alpha value is -3.07. The van der Waals surface area contributed by atoms with Gasteiger partial charge >= 0.3 is 13.8 Å². The molecule has 0 fully saturated rings. The number of phosphoric acid groups is 1. The molecule has 0 spiro atoms. The van der Waals surface area contributed by atoms with Gasteiger partial charge in [-0.2, -0.15) is 0 Å².